The van der Waals surface area contributed by atoms with Crippen LogP contribution in [0.2, 0.25) is 0 Å². The lowest BCUT2D eigenvalue weighted by atomic mass is 9.85. The van der Waals surface area contributed by atoms with E-state index >= 15 is 0 Å². The molecule has 6 heteroatoms. The quantitative estimate of drug-likeness (QED) is 0.834. The molecule has 0 bridgehead atoms. The Morgan fingerprint density at radius 3 is 2.55 bits per heavy atom. The van der Waals surface area contributed by atoms with Crippen molar-refractivity contribution in [3.63, 3.8) is 0 Å². The zero-order chi connectivity index (χ0) is 16.3. The molecule has 2 rings (SSSR count). The maximum Gasteiger partial charge on any atom is 0.241 e. The lowest BCUT2D eigenvalue weighted by Crippen LogP contribution is -2.47. The van der Waals surface area contributed by atoms with Gasteiger partial charge in [-0.25, -0.2) is 13.2 Å². The Morgan fingerprint density at radius 1 is 1.18 bits per heavy atom. The molecule has 1 amide bonds. The molecule has 0 aromatic heterocycles. The summed E-state index contributed by atoms with van der Waals surface area (Å²) < 4.78 is 39.6. The van der Waals surface area contributed by atoms with Gasteiger partial charge < -0.3 is 10.6 Å². The van der Waals surface area contributed by atoms with Crippen molar-refractivity contribution in [3.05, 3.63) is 29.6 Å². The van der Waals surface area contributed by atoms with Gasteiger partial charge in [-0.15, -0.1) is 0 Å². The van der Waals surface area contributed by atoms with E-state index in [9.17, 15) is 18.0 Å². The molecule has 3 atom stereocenters. The molecule has 0 unspecified atom stereocenters. The number of hydrogen-bond acceptors (Lipinski definition) is 2. The van der Waals surface area contributed by atoms with Gasteiger partial charge in [-0.1, -0.05) is 19.8 Å². The number of benzene rings is 1. The Hall–Kier alpha value is -1.56. The van der Waals surface area contributed by atoms with Gasteiger partial charge >= 0.3 is 0 Å². The van der Waals surface area contributed by atoms with Gasteiger partial charge in [0.25, 0.3) is 0 Å². The summed E-state index contributed by atoms with van der Waals surface area (Å²) in [5, 5.41) is 5.53. The SMILES string of the molecule is C[C@H](N[C@H]1CCCC[C@@H]1C)C(=O)Nc1ccc(F)c(F)c1F. The predicted molar refractivity (Wildman–Crippen MR) is 79.0 cm³/mol. The lowest BCUT2D eigenvalue weighted by Gasteiger charge is -2.31. The number of amides is 1. The highest BCUT2D eigenvalue weighted by Crippen LogP contribution is 2.24. The van der Waals surface area contributed by atoms with Gasteiger partial charge in [0.2, 0.25) is 5.91 Å². The fraction of sp³-hybridized carbons (Fsp3) is 0.562. The summed E-state index contributed by atoms with van der Waals surface area (Å²) >= 11 is 0. The van der Waals surface area contributed by atoms with Gasteiger partial charge in [0, 0.05) is 6.04 Å². The topological polar surface area (TPSA) is 41.1 Å². The normalized spacial score (nSPS) is 23.1. The Morgan fingerprint density at radius 2 is 1.86 bits per heavy atom. The van der Waals surface area contributed by atoms with E-state index in [0.717, 1.165) is 31.4 Å². The van der Waals surface area contributed by atoms with Crippen molar-refractivity contribution in [2.45, 2.75) is 51.6 Å². The van der Waals surface area contributed by atoms with Crippen molar-refractivity contribution in [2.75, 3.05) is 5.32 Å². The van der Waals surface area contributed by atoms with Crippen LogP contribution in [0.5, 0.6) is 0 Å². The maximum absolute atomic E-state index is 13.6. The van der Waals surface area contributed by atoms with Gasteiger partial charge in [-0.2, -0.15) is 0 Å². The summed E-state index contributed by atoms with van der Waals surface area (Å²) in [4.78, 5) is 12.1. The van der Waals surface area contributed by atoms with Crippen LogP contribution >= 0.6 is 0 Å². The minimum atomic E-state index is -1.58. The Kier molecular flexibility index (Phi) is 5.45. The van der Waals surface area contributed by atoms with Crippen LogP contribution in [-0.4, -0.2) is 18.0 Å². The highest BCUT2D eigenvalue weighted by molar-refractivity contribution is 5.94. The first-order chi connectivity index (χ1) is 10.4. The Balaban J connectivity index is 1.98. The van der Waals surface area contributed by atoms with Crippen LogP contribution in [-0.2, 0) is 4.79 Å². The molecule has 0 spiro atoms. The molecule has 0 heterocycles. The number of carbonyl (C=O) groups excluding carboxylic acids is 1. The number of halogens is 3. The third-order valence-corrected chi connectivity index (χ3v) is 4.26. The van der Waals surface area contributed by atoms with Crippen molar-refractivity contribution in [1.82, 2.24) is 5.32 Å². The minimum Gasteiger partial charge on any atom is -0.322 e. The first kappa shape index (κ1) is 16.8. The lowest BCUT2D eigenvalue weighted by molar-refractivity contribution is -0.118. The molecule has 1 aromatic carbocycles. The molecule has 1 aromatic rings. The van der Waals surface area contributed by atoms with E-state index in [-0.39, 0.29) is 11.7 Å². The van der Waals surface area contributed by atoms with Crippen molar-refractivity contribution in [2.24, 2.45) is 5.92 Å². The summed E-state index contributed by atoms with van der Waals surface area (Å²) in [5.41, 5.74) is -0.353. The molecule has 0 radical (unpaired) electrons. The first-order valence-electron chi connectivity index (χ1n) is 7.60. The summed E-state index contributed by atoms with van der Waals surface area (Å²) in [5.74, 6) is -4.24. The molecule has 22 heavy (non-hydrogen) atoms. The van der Waals surface area contributed by atoms with Crippen molar-refractivity contribution in [1.29, 1.82) is 0 Å². The number of rotatable bonds is 4. The molecule has 3 nitrogen and oxygen atoms in total. The molecule has 0 aliphatic heterocycles. The molecule has 1 aliphatic carbocycles. The average Bonchev–Trinajstić information content (AvgIpc) is 2.50. The van der Waals surface area contributed by atoms with Crippen LogP contribution in [0.1, 0.15) is 39.5 Å². The molecular formula is C16H21F3N2O. The van der Waals surface area contributed by atoms with Gasteiger partial charge in [0.1, 0.15) is 0 Å². The summed E-state index contributed by atoms with van der Waals surface area (Å²) in [6, 6.07) is 1.50. The number of anilines is 1. The van der Waals surface area contributed by atoms with Crippen molar-refractivity contribution in [3.8, 4) is 0 Å². The second kappa shape index (κ2) is 7.13. The molecule has 1 aliphatic rings. The Labute approximate surface area is 128 Å². The van der Waals surface area contributed by atoms with E-state index < -0.39 is 29.4 Å². The highest BCUT2D eigenvalue weighted by Gasteiger charge is 2.25. The van der Waals surface area contributed by atoms with E-state index in [1.165, 1.54) is 6.42 Å². The third kappa shape index (κ3) is 3.80. The average molecular weight is 314 g/mol. The van der Waals surface area contributed by atoms with Crippen LogP contribution in [0, 0.1) is 23.4 Å². The monoisotopic (exact) mass is 314 g/mol. The smallest absolute Gasteiger partial charge is 0.241 e. The predicted octanol–water partition coefficient (Wildman–Crippen LogP) is 3.60. The maximum atomic E-state index is 13.6. The van der Waals surface area contributed by atoms with E-state index in [2.05, 4.69) is 17.6 Å². The van der Waals surface area contributed by atoms with Crippen LogP contribution in [0.15, 0.2) is 12.1 Å². The largest absolute Gasteiger partial charge is 0.322 e. The third-order valence-electron chi connectivity index (χ3n) is 4.26. The highest BCUT2D eigenvalue weighted by atomic mass is 19.2. The molecule has 122 valence electrons. The molecule has 2 N–H and O–H groups in total. The number of hydrogen-bond donors (Lipinski definition) is 2. The van der Waals surface area contributed by atoms with Gasteiger partial charge in [-0.05, 0) is 37.8 Å². The molecule has 0 saturated heterocycles. The summed E-state index contributed by atoms with van der Waals surface area (Å²) in [7, 11) is 0. The van der Waals surface area contributed by atoms with Crippen LogP contribution in [0.25, 0.3) is 0 Å². The van der Waals surface area contributed by atoms with E-state index in [1.54, 1.807) is 6.92 Å². The second-order valence-electron chi connectivity index (χ2n) is 5.97. The minimum absolute atomic E-state index is 0.240. The van der Waals surface area contributed by atoms with Gasteiger partial charge in [-0.3, -0.25) is 4.79 Å². The van der Waals surface area contributed by atoms with Crippen molar-refractivity contribution < 1.29 is 18.0 Å². The second-order valence-corrected chi connectivity index (χ2v) is 5.97. The Bertz CT molecular complexity index is 550. The zero-order valence-corrected chi connectivity index (χ0v) is 12.8. The molecule has 1 fully saturated rings. The van der Waals surface area contributed by atoms with Crippen molar-refractivity contribution >= 4 is 11.6 Å². The fourth-order valence-corrected chi connectivity index (χ4v) is 2.82. The fourth-order valence-electron chi connectivity index (χ4n) is 2.82. The molecule has 1 saturated carbocycles. The number of nitrogens with one attached hydrogen (secondary N) is 2. The van der Waals surface area contributed by atoms with E-state index in [4.69, 9.17) is 0 Å². The molecular weight excluding hydrogens is 293 g/mol. The van der Waals surface area contributed by atoms with E-state index in [1.807, 2.05) is 0 Å². The standard InChI is InChI=1S/C16H21F3N2O/c1-9-5-3-4-6-12(9)20-10(2)16(22)21-13-8-7-11(17)14(18)15(13)19/h7-10,12,20H,3-6H2,1-2H3,(H,21,22)/t9-,10-,12-/m0/s1. The zero-order valence-electron chi connectivity index (χ0n) is 12.8. The van der Waals surface area contributed by atoms with Crippen LogP contribution < -0.4 is 10.6 Å². The van der Waals surface area contributed by atoms with Gasteiger partial charge in [0.15, 0.2) is 17.5 Å². The number of carbonyl (C=O) groups is 1. The summed E-state index contributed by atoms with van der Waals surface area (Å²) in [6.45, 7) is 3.81. The first-order valence-corrected chi connectivity index (χ1v) is 7.60. The van der Waals surface area contributed by atoms with Crippen LogP contribution in [0.4, 0.5) is 18.9 Å². The van der Waals surface area contributed by atoms with Gasteiger partial charge in [0.05, 0.1) is 11.7 Å². The van der Waals surface area contributed by atoms with E-state index in [0.29, 0.717) is 5.92 Å². The summed E-state index contributed by atoms with van der Waals surface area (Å²) in [6.07, 6.45) is 4.43. The van der Waals surface area contributed by atoms with Crippen LogP contribution in [0.3, 0.4) is 0 Å².